The summed E-state index contributed by atoms with van der Waals surface area (Å²) in [5, 5.41) is 13.2. The fourth-order valence-electron chi connectivity index (χ4n) is 1.60. The topological polar surface area (TPSA) is 80.5 Å². The number of hydrogen-bond donors (Lipinski definition) is 1. The molecule has 16 heavy (non-hydrogen) atoms. The second-order valence-electron chi connectivity index (χ2n) is 3.57. The van der Waals surface area contributed by atoms with Crippen molar-refractivity contribution < 1.29 is 0 Å². The highest BCUT2D eigenvalue weighted by atomic mass is 15.3. The number of anilines is 1. The second-order valence-corrected chi connectivity index (χ2v) is 3.57. The van der Waals surface area contributed by atoms with Crippen LogP contribution in [-0.2, 0) is 0 Å². The number of pyridine rings is 1. The molecule has 0 aliphatic rings. The first-order chi connectivity index (χ1) is 7.61. The van der Waals surface area contributed by atoms with E-state index >= 15 is 0 Å². The first-order valence-electron chi connectivity index (χ1n) is 4.80. The van der Waals surface area contributed by atoms with Crippen LogP contribution in [0.5, 0.6) is 0 Å². The zero-order valence-corrected chi connectivity index (χ0v) is 9.10. The smallest absolute Gasteiger partial charge is 0.103 e. The minimum atomic E-state index is 0.522. The number of nitrogen functional groups attached to an aromatic ring is 1. The highest BCUT2D eigenvalue weighted by molar-refractivity contribution is 5.52. The molecular weight excluding hydrogens is 202 g/mol. The molecule has 0 aromatic carbocycles. The maximum absolute atomic E-state index is 9.10. The van der Waals surface area contributed by atoms with Crippen molar-refractivity contribution in [3.63, 3.8) is 0 Å². The first-order valence-corrected chi connectivity index (χ1v) is 4.80. The lowest BCUT2D eigenvalue weighted by Crippen LogP contribution is -2.03. The van der Waals surface area contributed by atoms with Gasteiger partial charge < -0.3 is 5.73 Å². The van der Waals surface area contributed by atoms with Crippen molar-refractivity contribution in [2.45, 2.75) is 13.8 Å². The fourth-order valence-corrected chi connectivity index (χ4v) is 1.60. The molecule has 2 N–H and O–H groups in total. The molecule has 0 aliphatic carbocycles. The summed E-state index contributed by atoms with van der Waals surface area (Å²) in [6.07, 6.45) is 3.22. The quantitative estimate of drug-likeness (QED) is 0.775. The van der Waals surface area contributed by atoms with Crippen LogP contribution in [0.25, 0.3) is 5.69 Å². The third kappa shape index (κ3) is 1.61. The Hall–Kier alpha value is -2.35. The molecule has 0 saturated heterocycles. The molecule has 0 radical (unpaired) electrons. The second kappa shape index (κ2) is 3.66. The Labute approximate surface area is 93.1 Å². The Balaban J connectivity index is 2.69. The number of aryl methyl sites for hydroxylation is 2. The van der Waals surface area contributed by atoms with Gasteiger partial charge in [-0.05, 0) is 19.9 Å². The predicted molar refractivity (Wildman–Crippen MR) is 60.0 cm³/mol. The lowest BCUT2D eigenvalue weighted by atomic mass is 10.1. The molecule has 0 unspecified atom stereocenters. The van der Waals surface area contributed by atoms with Crippen molar-refractivity contribution in [3.8, 4) is 11.8 Å². The number of nitrogens with zero attached hydrogens (tertiary/aromatic N) is 4. The SMILES string of the molecule is Cc1cc(-n2cc(N)cn2)c(C#N)c(C)n1. The van der Waals surface area contributed by atoms with Crippen molar-refractivity contribution in [1.29, 1.82) is 5.26 Å². The normalized spacial score (nSPS) is 10.1. The van der Waals surface area contributed by atoms with Gasteiger partial charge in [-0.2, -0.15) is 10.4 Å². The van der Waals surface area contributed by atoms with Crippen LogP contribution >= 0.6 is 0 Å². The van der Waals surface area contributed by atoms with E-state index in [1.54, 1.807) is 17.1 Å². The molecule has 80 valence electrons. The van der Waals surface area contributed by atoms with Gasteiger partial charge in [0.2, 0.25) is 0 Å². The van der Waals surface area contributed by atoms with Crippen molar-refractivity contribution in [2.75, 3.05) is 5.73 Å². The van der Waals surface area contributed by atoms with E-state index in [9.17, 15) is 0 Å². The van der Waals surface area contributed by atoms with Crippen LogP contribution in [0.4, 0.5) is 5.69 Å². The Morgan fingerprint density at radius 2 is 2.19 bits per heavy atom. The van der Waals surface area contributed by atoms with Gasteiger partial charge in [0.15, 0.2) is 0 Å². The highest BCUT2D eigenvalue weighted by Gasteiger charge is 2.10. The third-order valence-corrected chi connectivity index (χ3v) is 2.27. The zero-order chi connectivity index (χ0) is 11.7. The number of nitrogens with two attached hydrogens (primary N) is 1. The summed E-state index contributed by atoms with van der Waals surface area (Å²) < 4.78 is 1.59. The Morgan fingerprint density at radius 1 is 1.44 bits per heavy atom. The molecule has 0 saturated carbocycles. The van der Waals surface area contributed by atoms with Crippen LogP contribution in [0.1, 0.15) is 17.0 Å². The lowest BCUT2D eigenvalue weighted by Gasteiger charge is -2.07. The van der Waals surface area contributed by atoms with E-state index in [1.807, 2.05) is 19.9 Å². The number of hydrogen-bond acceptors (Lipinski definition) is 4. The van der Waals surface area contributed by atoms with Crippen LogP contribution < -0.4 is 5.73 Å². The van der Waals surface area contributed by atoms with E-state index in [0.29, 0.717) is 22.6 Å². The minimum Gasteiger partial charge on any atom is -0.396 e. The molecule has 2 rings (SSSR count). The summed E-state index contributed by atoms with van der Waals surface area (Å²) in [6, 6.07) is 3.95. The van der Waals surface area contributed by atoms with Gasteiger partial charge in [0, 0.05) is 5.69 Å². The van der Waals surface area contributed by atoms with Crippen molar-refractivity contribution in [2.24, 2.45) is 0 Å². The summed E-state index contributed by atoms with van der Waals surface area (Å²) in [4.78, 5) is 4.24. The molecule has 5 heteroatoms. The Bertz CT molecular complexity index is 577. The molecule has 0 amide bonds. The van der Waals surface area contributed by atoms with Gasteiger partial charge in [-0.25, -0.2) is 4.68 Å². The van der Waals surface area contributed by atoms with Gasteiger partial charge in [-0.15, -0.1) is 0 Å². The van der Waals surface area contributed by atoms with E-state index in [0.717, 1.165) is 5.69 Å². The summed E-state index contributed by atoms with van der Waals surface area (Å²) in [5.74, 6) is 0. The lowest BCUT2D eigenvalue weighted by molar-refractivity contribution is 0.866. The minimum absolute atomic E-state index is 0.522. The maximum Gasteiger partial charge on any atom is 0.103 e. The highest BCUT2D eigenvalue weighted by Crippen LogP contribution is 2.18. The Morgan fingerprint density at radius 3 is 2.75 bits per heavy atom. The molecule has 0 fully saturated rings. The summed E-state index contributed by atoms with van der Waals surface area (Å²) in [6.45, 7) is 3.69. The van der Waals surface area contributed by atoms with Crippen LogP contribution in [0, 0.1) is 25.2 Å². The molecule has 0 aliphatic heterocycles. The average molecular weight is 213 g/mol. The van der Waals surface area contributed by atoms with Crippen LogP contribution in [-0.4, -0.2) is 14.8 Å². The number of nitriles is 1. The number of aromatic nitrogens is 3. The van der Waals surface area contributed by atoms with Gasteiger partial charge in [-0.1, -0.05) is 0 Å². The summed E-state index contributed by atoms with van der Waals surface area (Å²) in [7, 11) is 0. The molecule has 5 nitrogen and oxygen atoms in total. The molecule has 0 spiro atoms. The van der Waals surface area contributed by atoms with Crippen molar-refractivity contribution >= 4 is 5.69 Å². The maximum atomic E-state index is 9.10. The fraction of sp³-hybridized carbons (Fsp3) is 0.182. The van der Waals surface area contributed by atoms with Crippen molar-refractivity contribution in [1.82, 2.24) is 14.8 Å². The first kappa shape index (κ1) is 10.2. The monoisotopic (exact) mass is 213 g/mol. The van der Waals surface area contributed by atoms with Gasteiger partial charge in [-0.3, -0.25) is 4.98 Å². The van der Waals surface area contributed by atoms with Gasteiger partial charge in [0.05, 0.1) is 35.0 Å². The van der Waals surface area contributed by atoms with Crippen LogP contribution in [0.2, 0.25) is 0 Å². The van der Waals surface area contributed by atoms with Crippen LogP contribution in [0.15, 0.2) is 18.5 Å². The van der Waals surface area contributed by atoms with E-state index < -0.39 is 0 Å². The van der Waals surface area contributed by atoms with Crippen LogP contribution in [0.3, 0.4) is 0 Å². The molecule has 2 heterocycles. The number of rotatable bonds is 1. The van der Waals surface area contributed by atoms with E-state index in [-0.39, 0.29) is 0 Å². The third-order valence-electron chi connectivity index (χ3n) is 2.27. The zero-order valence-electron chi connectivity index (χ0n) is 9.10. The molecule has 0 atom stereocenters. The van der Waals surface area contributed by atoms with E-state index in [2.05, 4.69) is 16.2 Å². The molecule has 0 bridgehead atoms. The van der Waals surface area contributed by atoms with Gasteiger partial charge >= 0.3 is 0 Å². The van der Waals surface area contributed by atoms with Gasteiger partial charge in [0.1, 0.15) is 6.07 Å². The summed E-state index contributed by atoms with van der Waals surface area (Å²) in [5.41, 5.74) is 8.95. The van der Waals surface area contributed by atoms with Gasteiger partial charge in [0.25, 0.3) is 0 Å². The average Bonchev–Trinajstić information content (AvgIpc) is 2.63. The largest absolute Gasteiger partial charge is 0.396 e. The molecular formula is C11H11N5. The molecule has 2 aromatic rings. The van der Waals surface area contributed by atoms with E-state index in [1.165, 1.54) is 0 Å². The van der Waals surface area contributed by atoms with Crippen molar-refractivity contribution in [3.05, 3.63) is 35.4 Å². The summed E-state index contributed by atoms with van der Waals surface area (Å²) >= 11 is 0. The standard InChI is InChI=1S/C11H11N5/c1-7-3-11(10(4-12)8(2)15-7)16-6-9(13)5-14-16/h3,5-6H,13H2,1-2H3. The molecule has 2 aromatic heterocycles. The van der Waals surface area contributed by atoms with E-state index in [4.69, 9.17) is 11.0 Å². The Kier molecular flexibility index (Phi) is 2.33. The predicted octanol–water partition coefficient (Wildman–Crippen LogP) is 1.34.